The minimum Gasteiger partial charge on any atom is -0.394 e. The Morgan fingerprint density at radius 2 is 2.22 bits per heavy atom. The number of nitrogens with zero attached hydrogens (tertiary/aromatic N) is 7. The Bertz CT molecular complexity index is 855. The van der Waals surface area contributed by atoms with Gasteiger partial charge in [0, 0.05) is 0 Å². The van der Waals surface area contributed by atoms with Crippen molar-refractivity contribution in [3.63, 3.8) is 0 Å². The van der Waals surface area contributed by atoms with E-state index in [1.807, 2.05) is 0 Å². The van der Waals surface area contributed by atoms with Gasteiger partial charge in [-0.1, -0.05) is 0 Å². The number of azide groups is 1. The Labute approximate surface area is 126 Å². The van der Waals surface area contributed by atoms with Crippen LogP contribution in [0.5, 0.6) is 0 Å². The minimum atomic E-state index is -1.41. The molecule has 5 N–H and O–H groups in total. The SMILES string of the molecule is [N-]=[N+]=Nn1c(N)nc(=O)c2ncn(C3OC(CO)C(O)C3O)c21. The van der Waals surface area contributed by atoms with E-state index in [-0.39, 0.29) is 17.1 Å². The van der Waals surface area contributed by atoms with Crippen molar-refractivity contribution in [1.82, 2.24) is 19.2 Å². The predicted octanol–water partition coefficient (Wildman–Crippen LogP) is -2.14. The highest BCUT2D eigenvalue weighted by Gasteiger charge is 2.44. The molecule has 1 saturated heterocycles. The summed E-state index contributed by atoms with van der Waals surface area (Å²) in [7, 11) is 0. The molecule has 4 atom stereocenters. The van der Waals surface area contributed by atoms with E-state index in [0.29, 0.717) is 0 Å². The Hall–Kier alpha value is -2.70. The molecule has 0 bridgehead atoms. The third-order valence-electron chi connectivity index (χ3n) is 3.52. The lowest BCUT2D eigenvalue weighted by Crippen LogP contribution is -2.33. The molecule has 0 aliphatic carbocycles. The van der Waals surface area contributed by atoms with Crippen molar-refractivity contribution in [3.05, 3.63) is 27.1 Å². The van der Waals surface area contributed by atoms with E-state index in [1.54, 1.807) is 0 Å². The molecular formula is C10H12N8O5. The minimum absolute atomic E-state index is 0.0601. The molecule has 2 aromatic rings. The number of aliphatic hydroxyl groups is 3. The summed E-state index contributed by atoms with van der Waals surface area (Å²) in [5, 5.41) is 32.4. The van der Waals surface area contributed by atoms with Crippen molar-refractivity contribution in [3.8, 4) is 0 Å². The summed E-state index contributed by atoms with van der Waals surface area (Å²) in [6.45, 7) is -0.520. The number of imidazole rings is 1. The molecule has 0 saturated carbocycles. The molecule has 0 radical (unpaired) electrons. The van der Waals surface area contributed by atoms with E-state index in [4.69, 9.17) is 21.1 Å². The number of hydrogen-bond donors (Lipinski definition) is 4. The van der Waals surface area contributed by atoms with Crippen LogP contribution in [0, 0.1) is 0 Å². The van der Waals surface area contributed by atoms with E-state index in [2.05, 4.69) is 20.1 Å². The van der Waals surface area contributed by atoms with Crippen LogP contribution in [-0.4, -0.2) is 59.4 Å². The Balaban J connectivity index is 2.23. The zero-order valence-corrected chi connectivity index (χ0v) is 11.5. The van der Waals surface area contributed by atoms with E-state index in [0.717, 1.165) is 11.0 Å². The standard InChI is InChI=1S/C10H12N8O5/c11-10-14-7(22)4-8(18(10)16-15-12)17(2-13-4)9-6(21)5(20)3(1-19)23-9/h2-3,5-6,9,19-21H,1H2,(H2,11,14,22). The van der Waals surface area contributed by atoms with Crippen LogP contribution >= 0.6 is 0 Å². The van der Waals surface area contributed by atoms with Crippen molar-refractivity contribution in [2.24, 2.45) is 5.22 Å². The maximum atomic E-state index is 11.8. The second-order valence-electron chi connectivity index (χ2n) is 4.82. The van der Waals surface area contributed by atoms with E-state index < -0.39 is 36.7 Å². The quantitative estimate of drug-likeness (QED) is 0.278. The van der Waals surface area contributed by atoms with Gasteiger partial charge in [-0.3, -0.25) is 9.36 Å². The van der Waals surface area contributed by atoms with Crippen molar-refractivity contribution in [2.45, 2.75) is 24.5 Å². The molecule has 1 fully saturated rings. The summed E-state index contributed by atoms with van der Waals surface area (Å²) in [5.74, 6) is -0.381. The van der Waals surface area contributed by atoms with Gasteiger partial charge in [0.15, 0.2) is 11.7 Å². The molecule has 3 rings (SSSR count). The molecular weight excluding hydrogens is 312 g/mol. The highest BCUT2D eigenvalue weighted by Crippen LogP contribution is 2.31. The maximum absolute atomic E-state index is 11.8. The third kappa shape index (κ3) is 2.19. The average molecular weight is 324 g/mol. The molecule has 122 valence electrons. The molecule has 1 aliphatic rings. The van der Waals surface area contributed by atoms with Crippen LogP contribution < -0.4 is 11.3 Å². The van der Waals surface area contributed by atoms with Gasteiger partial charge in [-0.2, -0.15) is 9.90 Å². The van der Waals surface area contributed by atoms with Crippen LogP contribution in [0.15, 0.2) is 16.3 Å². The maximum Gasteiger partial charge on any atom is 0.306 e. The number of ether oxygens (including phenoxy) is 1. The first-order valence-corrected chi connectivity index (χ1v) is 6.42. The first-order valence-electron chi connectivity index (χ1n) is 6.42. The topological polar surface area (TPSA) is 197 Å². The monoisotopic (exact) mass is 324 g/mol. The molecule has 0 amide bonds. The summed E-state index contributed by atoms with van der Waals surface area (Å²) in [6, 6.07) is 0. The molecule has 1 aliphatic heterocycles. The summed E-state index contributed by atoms with van der Waals surface area (Å²) < 4.78 is 7.35. The van der Waals surface area contributed by atoms with Crippen LogP contribution in [0.4, 0.5) is 5.95 Å². The number of fused-ring (bicyclic) bond motifs is 1. The molecule has 2 aromatic heterocycles. The highest BCUT2D eigenvalue weighted by atomic mass is 16.6. The van der Waals surface area contributed by atoms with Gasteiger partial charge in [0.05, 0.1) is 6.61 Å². The second kappa shape index (κ2) is 5.49. The average Bonchev–Trinajstić information content (AvgIpc) is 3.07. The zero-order chi connectivity index (χ0) is 16.7. The molecule has 23 heavy (non-hydrogen) atoms. The molecule has 13 heteroatoms. The van der Waals surface area contributed by atoms with Crippen molar-refractivity contribution in [2.75, 3.05) is 12.3 Å². The Kier molecular flexibility index (Phi) is 3.63. The van der Waals surface area contributed by atoms with E-state index in [9.17, 15) is 15.0 Å². The number of nitrogen functional groups attached to an aromatic ring is 1. The fourth-order valence-corrected chi connectivity index (χ4v) is 2.45. The smallest absolute Gasteiger partial charge is 0.306 e. The van der Waals surface area contributed by atoms with Crippen molar-refractivity contribution in [1.29, 1.82) is 0 Å². The largest absolute Gasteiger partial charge is 0.394 e. The van der Waals surface area contributed by atoms with Gasteiger partial charge in [0.2, 0.25) is 5.65 Å². The second-order valence-corrected chi connectivity index (χ2v) is 4.82. The van der Waals surface area contributed by atoms with Crippen LogP contribution in [0.3, 0.4) is 0 Å². The predicted molar refractivity (Wildman–Crippen MR) is 73.8 cm³/mol. The van der Waals surface area contributed by atoms with Gasteiger partial charge in [-0.05, 0) is 5.22 Å². The van der Waals surface area contributed by atoms with E-state index >= 15 is 0 Å². The van der Waals surface area contributed by atoms with Crippen LogP contribution in [0.1, 0.15) is 6.23 Å². The normalized spacial score (nSPS) is 27.3. The van der Waals surface area contributed by atoms with Gasteiger partial charge in [0.25, 0.3) is 0 Å². The molecule has 3 heterocycles. The Morgan fingerprint density at radius 1 is 1.48 bits per heavy atom. The molecule has 0 aromatic carbocycles. The molecule has 13 nitrogen and oxygen atoms in total. The first kappa shape index (κ1) is 15.2. The van der Waals surface area contributed by atoms with Crippen LogP contribution in [-0.2, 0) is 4.74 Å². The van der Waals surface area contributed by atoms with Crippen molar-refractivity contribution < 1.29 is 20.1 Å². The Morgan fingerprint density at radius 3 is 2.83 bits per heavy atom. The lowest BCUT2D eigenvalue weighted by molar-refractivity contribution is -0.0512. The summed E-state index contributed by atoms with van der Waals surface area (Å²) >= 11 is 0. The first-order chi connectivity index (χ1) is 11.0. The third-order valence-corrected chi connectivity index (χ3v) is 3.52. The summed E-state index contributed by atoms with van der Waals surface area (Å²) in [5.41, 5.74) is 13.2. The van der Waals surface area contributed by atoms with Gasteiger partial charge < -0.3 is 25.8 Å². The summed E-state index contributed by atoms with van der Waals surface area (Å²) in [6.07, 6.45) is -3.80. The van der Waals surface area contributed by atoms with Gasteiger partial charge >= 0.3 is 11.5 Å². The number of rotatable bonds is 3. The number of anilines is 1. The van der Waals surface area contributed by atoms with Gasteiger partial charge in [0.1, 0.15) is 24.6 Å². The lowest BCUT2D eigenvalue weighted by atomic mass is 10.1. The van der Waals surface area contributed by atoms with Gasteiger partial charge in [-0.15, -0.1) is 10.2 Å². The number of nitrogens with two attached hydrogens (primary N) is 1. The zero-order valence-electron chi connectivity index (χ0n) is 11.5. The number of hydrogen-bond acceptors (Lipinski definition) is 9. The fraction of sp³-hybridized carbons (Fsp3) is 0.500. The van der Waals surface area contributed by atoms with Crippen molar-refractivity contribution >= 4 is 17.1 Å². The number of aromatic nitrogens is 4. The van der Waals surface area contributed by atoms with Gasteiger partial charge in [-0.25, -0.2) is 4.98 Å². The highest BCUT2D eigenvalue weighted by molar-refractivity contribution is 5.71. The lowest BCUT2D eigenvalue weighted by Gasteiger charge is -2.16. The summed E-state index contributed by atoms with van der Waals surface area (Å²) in [4.78, 5) is 21.8. The van der Waals surface area contributed by atoms with Crippen LogP contribution in [0.2, 0.25) is 0 Å². The molecule has 4 unspecified atom stereocenters. The van der Waals surface area contributed by atoms with E-state index in [1.165, 1.54) is 4.57 Å². The fourth-order valence-electron chi connectivity index (χ4n) is 2.45. The molecule has 0 spiro atoms. The number of aliphatic hydroxyl groups excluding tert-OH is 3. The van der Waals surface area contributed by atoms with Crippen LogP contribution in [0.25, 0.3) is 21.6 Å².